The Morgan fingerprint density at radius 1 is 0.938 bits per heavy atom. The van der Waals surface area contributed by atoms with Crippen LogP contribution in [-0.4, -0.2) is 20.2 Å². The van der Waals surface area contributed by atoms with Crippen molar-refractivity contribution in [1.82, 2.24) is 20.2 Å². The van der Waals surface area contributed by atoms with Crippen molar-refractivity contribution in [2.24, 2.45) is 0 Å². The Kier molecular flexibility index (Phi) is 6.77. The second-order valence-electron chi connectivity index (χ2n) is 4.34. The molecule has 92 valence electrons. The third-order valence-electron chi connectivity index (χ3n) is 2.83. The Morgan fingerprint density at radius 2 is 1.69 bits per heavy atom. The molecule has 0 amide bonds. The zero-order chi connectivity index (χ0) is 11.6. The zero-order valence-corrected chi connectivity index (χ0v) is 10.7. The first-order chi connectivity index (χ1) is 7.88. The van der Waals surface area contributed by atoms with Crippen LogP contribution in [0.3, 0.4) is 0 Å². The van der Waals surface area contributed by atoms with E-state index in [1.807, 2.05) is 4.68 Å². The summed E-state index contributed by atoms with van der Waals surface area (Å²) in [5.41, 5.74) is 0. The van der Waals surface area contributed by atoms with E-state index in [2.05, 4.69) is 29.4 Å². The maximum absolute atomic E-state index is 4.09. The average Bonchev–Trinajstić information content (AvgIpc) is 2.73. The highest BCUT2D eigenvalue weighted by molar-refractivity contribution is 4.80. The van der Waals surface area contributed by atoms with E-state index in [0.717, 1.165) is 18.8 Å². The molecule has 0 fully saturated rings. The van der Waals surface area contributed by atoms with Crippen molar-refractivity contribution in [2.45, 2.75) is 71.8 Å². The van der Waals surface area contributed by atoms with Gasteiger partial charge in [0.1, 0.15) is 0 Å². The quantitative estimate of drug-likeness (QED) is 0.606. The van der Waals surface area contributed by atoms with Crippen molar-refractivity contribution < 1.29 is 0 Å². The number of unbranched alkanes of at least 4 members (excludes halogenated alkanes) is 5. The van der Waals surface area contributed by atoms with Gasteiger partial charge < -0.3 is 0 Å². The Morgan fingerprint density at radius 3 is 2.44 bits per heavy atom. The molecule has 0 aliphatic rings. The second-order valence-corrected chi connectivity index (χ2v) is 4.34. The van der Waals surface area contributed by atoms with Gasteiger partial charge in [-0.3, -0.25) is 0 Å². The molecule has 0 saturated heterocycles. The van der Waals surface area contributed by atoms with Gasteiger partial charge in [-0.15, -0.1) is 5.10 Å². The van der Waals surface area contributed by atoms with Crippen LogP contribution in [0.5, 0.6) is 0 Å². The van der Waals surface area contributed by atoms with Gasteiger partial charge in [-0.05, 0) is 23.3 Å². The van der Waals surface area contributed by atoms with Gasteiger partial charge in [0.05, 0.1) is 0 Å². The smallest absolute Gasteiger partial charge is 0.151 e. The molecule has 0 aliphatic heterocycles. The van der Waals surface area contributed by atoms with E-state index in [0.29, 0.717) is 0 Å². The van der Waals surface area contributed by atoms with Gasteiger partial charge in [-0.2, -0.15) is 0 Å². The summed E-state index contributed by atoms with van der Waals surface area (Å²) in [6.07, 6.45) is 9.81. The van der Waals surface area contributed by atoms with Crippen molar-refractivity contribution in [3.63, 3.8) is 0 Å². The van der Waals surface area contributed by atoms with Crippen LogP contribution in [-0.2, 0) is 13.0 Å². The number of aryl methyl sites for hydroxylation is 2. The molecular weight excluding hydrogens is 200 g/mol. The van der Waals surface area contributed by atoms with Crippen LogP contribution in [0.1, 0.15) is 64.6 Å². The van der Waals surface area contributed by atoms with Crippen LogP contribution in [0.4, 0.5) is 0 Å². The molecule has 0 atom stereocenters. The molecule has 0 saturated carbocycles. The molecule has 0 unspecified atom stereocenters. The lowest BCUT2D eigenvalue weighted by molar-refractivity contribution is 0.512. The van der Waals surface area contributed by atoms with Crippen molar-refractivity contribution in [3.05, 3.63) is 5.82 Å². The summed E-state index contributed by atoms with van der Waals surface area (Å²) < 4.78 is 1.97. The molecule has 4 nitrogen and oxygen atoms in total. The summed E-state index contributed by atoms with van der Waals surface area (Å²) in [5, 5.41) is 11.9. The molecule has 0 aromatic carbocycles. The minimum Gasteiger partial charge on any atom is -0.230 e. The molecule has 1 aromatic rings. The van der Waals surface area contributed by atoms with Gasteiger partial charge in [0.25, 0.3) is 0 Å². The molecule has 0 N–H and O–H groups in total. The molecule has 0 radical (unpaired) electrons. The Bertz CT molecular complexity index is 270. The predicted molar refractivity (Wildman–Crippen MR) is 65.2 cm³/mol. The predicted octanol–water partition coefficient (Wildman–Crippen LogP) is 2.99. The molecule has 0 spiro atoms. The van der Waals surface area contributed by atoms with Crippen LogP contribution >= 0.6 is 0 Å². The largest absolute Gasteiger partial charge is 0.230 e. The monoisotopic (exact) mass is 224 g/mol. The molecule has 4 heteroatoms. The molecule has 0 bridgehead atoms. The number of hydrogen-bond donors (Lipinski definition) is 0. The van der Waals surface area contributed by atoms with E-state index in [9.17, 15) is 0 Å². The van der Waals surface area contributed by atoms with Gasteiger partial charge in [0.15, 0.2) is 5.82 Å². The SMILES string of the molecule is CCCCCCc1nnnn1CCCCC. The molecule has 0 aliphatic carbocycles. The van der Waals surface area contributed by atoms with E-state index >= 15 is 0 Å². The van der Waals surface area contributed by atoms with E-state index in [4.69, 9.17) is 0 Å². The number of hydrogen-bond acceptors (Lipinski definition) is 3. The fourth-order valence-electron chi connectivity index (χ4n) is 1.80. The zero-order valence-electron chi connectivity index (χ0n) is 10.7. The lowest BCUT2D eigenvalue weighted by atomic mass is 10.1. The highest BCUT2D eigenvalue weighted by atomic mass is 15.5. The van der Waals surface area contributed by atoms with E-state index in [1.165, 1.54) is 44.9 Å². The topological polar surface area (TPSA) is 43.6 Å². The van der Waals surface area contributed by atoms with Crippen LogP contribution in [0, 0.1) is 0 Å². The summed E-state index contributed by atoms with van der Waals surface area (Å²) in [7, 11) is 0. The van der Waals surface area contributed by atoms with Gasteiger partial charge in [-0.25, -0.2) is 4.68 Å². The minimum atomic E-state index is 0.976. The van der Waals surface area contributed by atoms with Crippen molar-refractivity contribution in [3.8, 4) is 0 Å². The van der Waals surface area contributed by atoms with E-state index in [1.54, 1.807) is 0 Å². The average molecular weight is 224 g/mol. The third kappa shape index (κ3) is 4.73. The van der Waals surface area contributed by atoms with E-state index < -0.39 is 0 Å². The number of tetrazole rings is 1. The second kappa shape index (κ2) is 8.25. The highest BCUT2D eigenvalue weighted by Crippen LogP contribution is 2.06. The standard InChI is InChI=1S/C12H24N4/c1-3-5-7-8-10-12-13-14-15-16(12)11-9-6-4-2/h3-11H2,1-2H3. The van der Waals surface area contributed by atoms with Gasteiger partial charge >= 0.3 is 0 Å². The summed E-state index contributed by atoms with van der Waals surface area (Å²) >= 11 is 0. The number of nitrogens with zero attached hydrogens (tertiary/aromatic N) is 4. The fraction of sp³-hybridized carbons (Fsp3) is 0.917. The van der Waals surface area contributed by atoms with E-state index in [-0.39, 0.29) is 0 Å². The first kappa shape index (κ1) is 13.1. The molecule has 1 heterocycles. The maximum atomic E-state index is 4.09. The molecule has 1 rings (SSSR count). The van der Waals surface area contributed by atoms with Gasteiger partial charge in [0, 0.05) is 13.0 Å². The first-order valence-electron chi connectivity index (χ1n) is 6.63. The van der Waals surface area contributed by atoms with Crippen molar-refractivity contribution in [2.75, 3.05) is 0 Å². The Balaban J connectivity index is 2.26. The summed E-state index contributed by atoms with van der Waals surface area (Å²) in [6.45, 7) is 5.42. The van der Waals surface area contributed by atoms with Crippen LogP contribution < -0.4 is 0 Å². The summed E-state index contributed by atoms with van der Waals surface area (Å²) in [5.74, 6) is 1.06. The van der Waals surface area contributed by atoms with Gasteiger partial charge in [0.2, 0.25) is 0 Å². The first-order valence-corrected chi connectivity index (χ1v) is 6.63. The lowest BCUT2D eigenvalue weighted by Crippen LogP contribution is -2.06. The van der Waals surface area contributed by atoms with Crippen molar-refractivity contribution >= 4 is 0 Å². The third-order valence-corrected chi connectivity index (χ3v) is 2.83. The summed E-state index contributed by atoms with van der Waals surface area (Å²) in [6, 6.07) is 0. The minimum absolute atomic E-state index is 0.976. The van der Waals surface area contributed by atoms with Crippen LogP contribution in [0.2, 0.25) is 0 Å². The Hall–Kier alpha value is -0.930. The fourth-order valence-corrected chi connectivity index (χ4v) is 1.80. The van der Waals surface area contributed by atoms with Crippen LogP contribution in [0.25, 0.3) is 0 Å². The summed E-state index contributed by atoms with van der Waals surface area (Å²) in [4.78, 5) is 0. The Labute approximate surface area is 98.4 Å². The normalized spacial score (nSPS) is 10.9. The molecule has 16 heavy (non-hydrogen) atoms. The van der Waals surface area contributed by atoms with Crippen LogP contribution in [0.15, 0.2) is 0 Å². The maximum Gasteiger partial charge on any atom is 0.151 e. The molecule has 1 aromatic heterocycles. The lowest BCUT2D eigenvalue weighted by Gasteiger charge is -2.03. The van der Waals surface area contributed by atoms with Crippen molar-refractivity contribution in [1.29, 1.82) is 0 Å². The highest BCUT2D eigenvalue weighted by Gasteiger charge is 2.04. The van der Waals surface area contributed by atoms with Gasteiger partial charge in [-0.1, -0.05) is 46.0 Å². The number of aromatic nitrogens is 4. The number of rotatable bonds is 9. The molecular formula is C12H24N4.